The Morgan fingerprint density at radius 1 is 1.27 bits per heavy atom. The van der Waals surface area contributed by atoms with Crippen molar-refractivity contribution >= 4 is 5.96 Å². The van der Waals surface area contributed by atoms with Gasteiger partial charge in [0.05, 0.1) is 0 Å². The number of nitrogens with zero attached hydrogens (tertiary/aromatic N) is 2. The van der Waals surface area contributed by atoms with Crippen LogP contribution in [0.25, 0.3) is 0 Å². The molecule has 86 valence electrons. The maximum Gasteiger partial charge on any atom is 0.191 e. The molecular formula is C12H23N3. The lowest BCUT2D eigenvalue weighted by atomic mass is 10.1. The van der Waals surface area contributed by atoms with Gasteiger partial charge in [-0.15, -0.1) is 0 Å². The zero-order valence-corrected chi connectivity index (χ0v) is 10.00. The number of hydrogen-bond donors (Lipinski definition) is 1. The first-order valence-electron chi connectivity index (χ1n) is 5.88. The molecule has 0 aliphatic carbocycles. The fourth-order valence-corrected chi connectivity index (χ4v) is 1.76. The van der Waals surface area contributed by atoms with Crippen molar-refractivity contribution in [1.82, 2.24) is 4.90 Å². The average molecular weight is 209 g/mol. The van der Waals surface area contributed by atoms with Gasteiger partial charge in [-0.1, -0.05) is 11.6 Å². The molecule has 3 heteroatoms. The summed E-state index contributed by atoms with van der Waals surface area (Å²) in [5.41, 5.74) is 7.27. The molecule has 2 N–H and O–H groups in total. The van der Waals surface area contributed by atoms with Crippen LogP contribution in [0.5, 0.6) is 0 Å². The summed E-state index contributed by atoms with van der Waals surface area (Å²) in [7, 11) is 0. The molecule has 0 saturated carbocycles. The molecule has 1 heterocycles. The van der Waals surface area contributed by atoms with Crippen LogP contribution in [0.2, 0.25) is 0 Å². The van der Waals surface area contributed by atoms with Gasteiger partial charge in [-0.25, -0.2) is 0 Å². The molecule has 0 radical (unpaired) electrons. The van der Waals surface area contributed by atoms with Crippen LogP contribution in [0.15, 0.2) is 16.6 Å². The predicted molar refractivity (Wildman–Crippen MR) is 66.0 cm³/mol. The molecule has 0 atom stereocenters. The first-order valence-corrected chi connectivity index (χ1v) is 5.88. The lowest BCUT2D eigenvalue weighted by Gasteiger charge is -2.27. The van der Waals surface area contributed by atoms with Gasteiger partial charge in [0.2, 0.25) is 0 Å². The third-order valence-corrected chi connectivity index (χ3v) is 2.64. The number of nitrogens with two attached hydrogens (primary N) is 1. The van der Waals surface area contributed by atoms with E-state index in [1.54, 1.807) is 0 Å². The fraction of sp³-hybridized carbons (Fsp3) is 0.750. The maximum absolute atomic E-state index is 5.92. The van der Waals surface area contributed by atoms with Crippen molar-refractivity contribution in [2.75, 3.05) is 19.6 Å². The molecule has 1 saturated heterocycles. The normalized spacial score (nSPS) is 17.7. The van der Waals surface area contributed by atoms with Crippen LogP contribution in [-0.2, 0) is 0 Å². The highest BCUT2D eigenvalue weighted by Crippen LogP contribution is 2.07. The summed E-state index contributed by atoms with van der Waals surface area (Å²) < 4.78 is 0. The van der Waals surface area contributed by atoms with Crippen LogP contribution in [0.1, 0.15) is 39.5 Å². The van der Waals surface area contributed by atoms with E-state index in [2.05, 4.69) is 29.8 Å². The van der Waals surface area contributed by atoms with E-state index in [1.165, 1.54) is 24.8 Å². The molecule has 0 bridgehead atoms. The number of allylic oxidation sites excluding steroid dienone is 1. The van der Waals surface area contributed by atoms with E-state index in [0.29, 0.717) is 0 Å². The Balaban J connectivity index is 2.28. The van der Waals surface area contributed by atoms with Crippen molar-refractivity contribution in [3.63, 3.8) is 0 Å². The molecule has 0 aromatic heterocycles. The SMILES string of the molecule is CC(C)=CCCN=C(N)N1CCCCC1. The Hall–Kier alpha value is -0.990. The highest BCUT2D eigenvalue weighted by Gasteiger charge is 2.10. The number of piperidine rings is 1. The van der Waals surface area contributed by atoms with Crippen molar-refractivity contribution in [2.24, 2.45) is 10.7 Å². The standard InChI is InChI=1S/C12H23N3/c1-11(2)7-6-8-14-12(13)15-9-4-3-5-10-15/h7H,3-6,8-10H2,1-2H3,(H2,13,14). The van der Waals surface area contributed by atoms with Crippen LogP contribution in [0.3, 0.4) is 0 Å². The van der Waals surface area contributed by atoms with Crippen molar-refractivity contribution in [3.05, 3.63) is 11.6 Å². The summed E-state index contributed by atoms with van der Waals surface area (Å²) in [6, 6.07) is 0. The lowest BCUT2D eigenvalue weighted by molar-refractivity contribution is 0.338. The molecule has 0 amide bonds. The van der Waals surface area contributed by atoms with Crippen molar-refractivity contribution in [1.29, 1.82) is 0 Å². The minimum Gasteiger partial charge on any atom is -0.370 e. The van der Waals surface area contributed by atoms with Crippen molar-refractivity contribution < 1.29 is 0 Å². The van der Waals surface area contributed by atoms with Crippen LogP contribution < -0.4 is 5.73 Å². The van der Waals surface area contributed by atoms with E-state index in [4.69, 9.17) is 5.73 Å². The van der Waals surface area contributed by atoms with E-state index in [9.17, 15) is 0 Å². The second kappa shape index (κ2) is 6.49. The molecular weight excluding hydrogens is 186 g/mol. The lowest BCUT2D eigenvalue weighted by Crippen LogP contribution is -2.40. The summed E-state index contributed by atoms with van der Waals surface area (Å²) in [5, 5.41) is 0. The number of guanidine groups is 1. The average Bonchev–Trinajstić information content (AvgIpc) is 2.25. The molecule has 1 aliphatic heterocycles. The van der Waals surface area contributed by atoms with Crippen LogP contribution in [0.4, 0.5) is 0 Å². The zero-order chi connectivity index (χ0) is 11.1. The Morgan fingerprint density at radius 3 is 2.53 bits per heavy atom. The molecule has 1 aliphatic rings. The molecule has 0 aromatic rings. The Bertz CT molecular complexity index is 233. The Kier molecular flexibility index (Phi) is 5.22. The van der Waals surface area contributed by atoms with E-state index in [-0.39, 0.29) is 0 Å². The summed E-state index contributed by atoms with van der Waals surface area (Å²) in [6.45, 7) is 7.19. The quantitative estimate of drug-likeness (QED) is 0.335. The number of hydrogen-bond acceptors (Lipinski definition) is 1. The third-order valence-electron chi connectivity index (χ3n) is 2.64. The van der Waals surface area contributed by atoms with Gasteiger partial charge in [0.1, 0.15) is 0 Å². The summed E-state index contributed by atoms with van der Waals surface area (Å²) in [6.07, 6.45) is 7.04. The predicted octanol–water partition coefficient (Wildman–Crippen LogP) is 2.14. The second-order valence-electron chi connectivity index (χ2n) is 4.36. The van der Waals surface area contributed by atoms with Crippen LogP contribution >= 0.6 is 0 Å². The summed E-state index contributed by atoms with van der Waals surface area (Å²) in [4.78, 5) is 6.60. The smallest absolute Gasteiger partial charge is 0.191 e. The van der Waals surface area contributed by atoms with Crippen molar-refractivity contribution in [2.45, 2.75) is 39.5 Å². The third kappa shape index (κ3) is 4.86. The highest BCUT2D eigenvalue weighted by molar-refractivity contribution is 5.78. The molecule has 1 rings (SSSR count). The molecule has 3 nitrogen and oxygen atoms in total. The van der Waals surface area contributed by atoms with E-state index in [0.717, 1.165) is 32.0 Å². The first-order chi connectivity index (χ1) is 7.20. The molecule has 0 unspecified atom stereocenters. The first kappa shape index (κ1) is 12.1. The Labute approximate surface area is 93.1 Å². The number of aliphatic imine (C=N–C) groups is 1. The largest absolute Gasteiger partial charge is 0.370 e. The fourth-order valence-electron chi connectivity index (χ4n) is 1.76. The van der Waals surface area contributed by atoms with Gasteiger partial charge in [-0.2, -0.15) is 0 Å². The van der Waals surface area contributed by atoms with E-state index >= 15 is 0 Å². The zero-order valence-electron chi connectivity index (χ0n) is 10.00. The second-order valence-corrected chi connectivity index (χ2v) is 4.36. The van der Waals surface area contributed by atoms with Gasteiger partial charge < -0.3 is 10.6 Å². The summed E-state index contributed by atoms with van der Waals surface area (Å²) in [5.74, 6) is 0.733. The van der Waals surface area contributed by atoms with Gasteiger partial charge in [-0.05, 0) is 39.5 Å². The van der Waals surface area contributed by atoms with Gasteiger partial charge in [-0.3, -0.25) is 4.99 Å². The van der Waals surface area contributed by atoms with Gasteiger partial charge >= 0.3 is 0 Å². The molecule has 0 aromatic carbocycles. The number of likely N-dealkylation sites (tertiary alicyclic amines) is 1. The highest BCUT2D eigenvalue weighted by atomic mass is 15.2. The monoisotopic (exact) mass is 209 g/mol. The molecule has 1 fully saturated rings. The van der Waals surface area contributed by atoms with Gasteiger partial charge in [0.15, 0.2) is 5.96 Å². The molecule has 15 heavy (non-hydrogen) atoms. The minimum absolute atomic E-state index is 0.733. The summed E-state index contributed by atoms with van der Waals surface area (Å²) >= 11 is 0. The number of rotatable bonds is 3. The Morgan fingerprint density at radius 2 is 1.93 bits per heavy atom. The maximum atomic E-state index is 5.92. The van der Waals surface area contributed by atoms with E-state index < -0.39 is 0 Å². The van der Waals surface area contributed by atoms with Crippen molar-refractivity contribution in [3.8, 4) is 0 Å². The van der Waals surface area contributed by atoms with Crippen LogP contribution in [-0.4, -0.2) is 30.5 Å². The molecule has 0 spiro atoms. The van der Waals surface area contributed by atoms with Gasteiger partial charge in [0, 0.05) is 19.6 Å². The van der Waals surface area contributed by atoms with Gasteiger partial charge in [0.25, 0.3) is 0 Å². The van der Waals surface area contributed by atoms with Crippen LogP contribution in [0, 0.1) is 0 Å². The minimum atomic E-state index is 0.733. The topological polar surface area (TPSA) is 41.6 Å². The van der Waals surface area contributed by atoms with E-state index in [1.807, 2.05) is 0 Å².